The first-order valence-corrected chi connectivity index (χ1v) is 7.98. The molecule has 0 radical (unpaired) electrons. The Morgan fingerprint density at radius 1 is 0.952 bits per heavy atom. The van der Waals surface area contributed by atoms with Crippen molar-refractivity contribution in [3.8, 4) is 0 Å². The minimum atomic E-state index is -3.86. The minimum absolute atomic E-state index is 0.263. The van der Waals surface area contributed by atoms with Crippen LogP contribution in [0.5, 0.6) is 0 Å². The van der Waals surface area contributed by atoms with E-state index in [1.54, 1.807) is 0 Å². The summed E-state index contributed by atoms with van der Waals surface area (Å²) in [5.41, 5.74) is 2.21. The van der Waals surface area contributed by atoms with Gasteiger partial charge in [0.1, 0.15) is 0 Å². The van der Waals surface area contributed by atoms with E-state index in [1.165, 1.54) is 0 Å². The Kier molecular flexibility index (Phi) is 3.51. The van der Waals surface area contributed by atoms with Crippen LogP contribution in [-0.4, -0.2) is 14.5 Å². The number of nitrogens with one attached hydrogen (secondary N) is 1. The maximum atomic E-state index is 13.2. The van der Waals surface area contributed by atoms with Crippen molar-refractivity contribution in [1.82, 2.24) is 4.72 Å². The smallest absolute Gasteiger partial charge is 0.207 e. The number of hydrogen-bond acceptors (Lipinski definition) is 2. The molecular formula is C15H13F2NO2S. The average Bonchev–Trinajstić information content (AvgIpc) is 2.82. The third-order valence-electron chi connectivity index (χ3n) is 3.57. The van der Waals surface area contributed by atoms with Crippen molar-refractivity contribution in [1.29, 1.82) is 0 Å². The molecule has 0 fully saturated rings. The summed E-state index contributed by atoms with van der Waals surface area (Å²) in [5.74, 6) is -2.24. The first-order valence-electron chi connectivity index (χ1n) is 6.50. The molecule has 0 aliphatic heterocycles. The lowest BCUT2D eigenvalue weighted by Gasteiger charge is -2.12. The molecule has 0 unspecified atom stereocenters. The van der Waals surface area contributed by atoms with Crippen molar-refractivity contribution in [2.45, 2.75) is 23.8 Å². The quantitative estimate of drug-likeness (QED) is 0.946. The molecule has 1 aliphatic carbocycles. The van der Waals surface area contributed by atoms with Gasteiger partial charge in [-0.3, -0.25) is 0 Å². The summed E-state index contributed by atoms with van der Waals surface area (Å²) >= 11 is 0. The normalized spacial score (nSPS) is 15.1. The first kappa shape index (κ1) is 14.2. The predicted octanol–water partition coefficient (Wildman–Crippen LogP) is 2.41. The standard InChI is InChI=1S/C15H13F2NO2S/c16-14-6-5-13(9-15(14)17)21(19,20)18-12-7-10-3-1-2-4-11(10)8-12/h1-6,9,12,18H,7-8H2. The number of sulfonamides is 1. The van der Waals surface area contributed by atoms with Gasteiger partial charge in [-0.05, 0) is 42.2 Å². The maximum absolute atomic E-state index is 13.2. The lowest BCUT2D eigenvalue weighted by atomic mass is 10.1. The fraction of sp³-hybridized carbons (Fsp3) is 0.200. The highest BCUT2D eigenvalue weighted by atomic mass is 32.2. The largest absolute Gasteiger partial charge is 0.240 e. The number of halogens is 2. The summed E-state index contributed by atoms with van der Waals surface area (Å²) in [6.07, 6.45) is 1.19. The van der Waals surface area contributed by atoms with E-state index in [4.69, 9.17) is 0 Å². The van der Waals surface area contributed by atoms with Crippen molar-refractivity contribution in [2.24, 2.45) is 0 Å². The second kappa shape index (κ2) is 5.20. The maximum Gasteiger partial charge on any atom is 0.240 e. The predicted molar refractivity (Wildman–Crippen MR) is 74.3 cm³/mol. The van der Waals surface area contributed by atoms with Crippen LogP contribution in [0.4, 0.5) is 8.78 Å². The van der Waals surface area contributed by atoms with Gasteiger partial charge in [-0.25, -0.2) is 21.9 Å². The summed E-state index contributed by atoms with van der Waals surface area (Å²) in [6.45, 7) is 0. The number of benzene rings is 2. The zero-order chi connectivity index (χ0) is 15.0. The highest BCUT2D eigenvalue weighted by molar-refractivity contribution is 7.89. The molecule has 1 aliphatic rings. The zero-order valence-electron chi connectivity index (χ0n) is 11.0. The Hall–Kier alpha value is -1.79. The third kappa shape index (κ3) is 2.82. The number of hydrogen-bond donors (Lipinski definition) is 1. The van der Waals surface area contributed by atoms with Gasteiger partial charge < -0.3 is 0 Å². The number of rotatable bonds is 3. The molecule has 0 aromatic heterocycles. The zero-order valence-corrected chi connectivity index (χ0v) is 11.8. The molecule has 2 aromatic rings. The molecule has 1 N–H and O–H groups in total. The van der Waals surface area contributed by atoms with Gasteiger partial charge in [0.15, 0.2) is 11.6 Å². The van der Waals surface area contributed by atoms with Crippen molar-refractivity contribution >= 4 is 10.0 Å². The van der Waals surface area contributed by atoms with E-state index >= 15 is 0 Å². The van der Waals surface area contributed by atoms with Gasteiger partial charge in [0.05, 0.1) is 4.90 Å². The molecule has 0 atom stereocenters. The van der Waals surface area contributed by atoms with E-state index < -0.39 is 21.7 Å². The molecule has 0 spiro atoms. The molecule has 3 rings (SSSR count). The summed E-state index contributed by atoms with van der Waals surface area (Å²) in [5, 5.41) is 0. The van der Waals surface area contributed by atoms with Crippen molar-refractivity contribution in [3.63, 3.8) is 0 Å². The van der Waals surface area contributed by atoms with E-state index in [-0.39, 0.29) is 10.9 Å². The highest BCUT2D eigenvalue weighted by Crippen LogP contribution is 2.23. The van der Waals surface area contributed by atoms with Crippen molar-refractivity contribution in [2.75, 3.05) is 0 Å². The Bertz CT molecular complexity index is 765. The van der Waals surface area contributed by atoms with E-state index in [1.807, 2.05) is 24.3 Å². The summed E-state index contributed by atoms with van der Waals surface area (Å²) in [6, 6.07) is 10.0. The van der Waals surface area contributed by atoms with Crippen LogP contribution in [0.2, 0.25) is 0 Å². The Morgan fingerprint density at radius 3 is 2.14 bits per heavy atom. The molecule has 0 bridgehead atoms. The van der Waals surface area contributed by atoms with Crippen LogP contribution in [0.1, 0.15) is 11.1 Å². The molecule has 21 heavy (non-hydrogen) atoms. The second-order valence-electron chi connectivity index (χ2n) is 5.07. The summed E-state index contributed by atoms with van der Waals surface area (Å²) in [7, 11) is -3.86. The van der Waals surface area contributed by atoms with Crippen LogP contribution in [0, 0.1) is 11.6 Å². The van der Waals surface area contributed by atoms with E-state index in [9.17, 15) is 17.2 Å². The molecule has 0 saturated heterocycles. The molecule has 6 heteroatoms. The Morgan fingerprint density at radius 2 is 1.57 bits per heavy atom. The van der Waals surface area contributed by atoms with Gasteiger partial charge in [0.25, 0.3) is 0 Å². The van der Waals surface area contributed by atoms with Crippen molar-refractivity contribution in [3.05, 3.63) is 65.2 Å². The molecule has 0 saturated carbocycles. The van der Waals surface area contributed by atoms with Gasteiger partial charge in [-0.1, -0.05) is 24.3 Å². The fourth-order valence-electron chi connectivity index (χ4n) is 2.57. The molecule has 110 valence electrons. The van der Waals surface area contributed by atoms with E-state index in [0.717, 1.165) is 23.3 Å². The third-order valence-corrected chi connectivity index (χ3v) is 5.09. The monoisotopic (exact) mass is 309 g/mol. The van der Waals surface area contributed by atoms with Gasteiger partial charge in [0.2, 0.25) is 10.0 Å². The molecular weight excluding hydrogens is 296 g/mol. The number of fused-ring (bicyclic) bond motifs is 1. The van der Waals surface area contributed by atoms with E-state index in [2.05, 4.69) is 4.72 Å². The lowest BCUT2D eigenvalue weighted by molar-refractivity contribution is 0.503. The molecule has 0 heterocycles. The average molecular weight is 309 g/mol. The fourth-order valence-corrected chi connectivity index (χ4v) is 3.82. The SMILES string of the molecule is O=S(=O)(NC1Cc2ccccc2C1)c1ccc(F)c(F)c1. The van der Waals surface area contributed by atoms with E-state index in [0.29, 0.717) is 18.9 Å². The topological polar surface area (TPSA) is 46.2 Å². The summed E-state index contributed by atoms with van der Waals surface area (Å²) in [4.78, 5) is -0.266. The van der Waals surface area contributed by atoms with Crippen molar-refractivity contribution < 1.29 is 17.2 Å². The lowest BCUT2D eigenvalue weighted by Crippen LogP contribution is -2.35. The first-order chi connectivity index (χ1) is 9.95. The van der Waals surface area contributed by atoms with Gasteiger partial charge in [-0.15, -0.1) is 0 Å². The van der Waals surface area contributed by atoms with Gasteiger partial charge in [-0.2, -0.15) is 0 Å². The Labute approximate surface area is 121 Å². The van der Waals surface area contributed by atoms with Crippen LogP contribution in [0.25, 0.3) is 0 Å². The van der Waals surface area contributed by atoms with Gasteiger partial charge in [0, 0.05) is 6.04 Å². The highest BCUT2D eigenvalue weighted by Gasteiger charge is 2.26. The minimum Gasteiger partial charge on any atom is -0.207 e. The molecule has 2 aromatic carbocycles. The van der Waals surface area contributed by atoms with Crippen LogP contribution in [-0.2, 0) is 22.9 Å². The summed E-state index contributed by atoms with van der Waals surface area (Å²) < 4.78 is 53.0. The molecule has 3 nitrogen and oxygen atoms in total. The van der Waals surface area contributed by atoms with Crippen LogP contribution < -0.4 is 4.72 Å². The Balaban J connectivity index is 1.80. The van der Waals surface area contributed by atoms with Gasteiger partial charge >= 0.3 is 0 Å². The second-order valence-corrected chi connectivity index (χ2v) is 6.79. The van der Waals surface area contributed by atoms with Crippen LogP contribution in [0.15, 0.2) is 47.4 Å². The van der Waals surface area contributed by atoms with Crippen LogP contribution >= 0.6 is 0 Å². The van der Waals surface area contributed by atoms with Crippen LogP contribution in [0.3, 0.4) is 0 Å². The molecule has 0 amide bonds.